The van der Waals surface area contributed by atoms with Gasteiger partial charge in [0.05, 0.1) is 24.2 Å². The fourth-order valence-electron chi connectivity index (χ4n) is 3.97. The highest BCUT2D eigenvalue weighted by Gasteiger charge is 2.30. The van der Waals surface area contributed by atoms with Gasteiger partial charge in [-0.1, -0.05) is 47.8 Å². The van der Waals surface area contributed by atoms with Crippen LogP contribution in [0.2, 0.25) is 10.0 Å². The van der Waals surface area contributed by atoms with Crippen molar-refractivity contribution < 1.29 is 9.53 Å². The molecule has 138 valence electrons. The number of carbonyl (C=O) groups excluding carboxylic acids is 1. The highest BCUT2D eigenvalue weighted by Crippen LogP contribution is 2.42. The Labute approximate surface area is 168 Å². The number of methoxy groups -OCH3 is 1. The lowest BCUT2D eigenvalue weighted by atomic mass is 9.89. The lowest BCUT2D eigenvalue weighted by Crippen LogP contribution is -2.17. The molecule has 3 aromatic rings. The molecular weight excluding hydrogens is 381 g/mol. The molecule has 0 spiro atoms. The maximum Gasteiger partial charge on any atom is 0.314 e. The summed E-state index contributed by atoms with van der Waals surface area (Å²) >= 11 is 12.9. The number of benzene rings is 2. The first-order valence-corrected chi connectivity index (χ1v) is 9.80. The molecule has 5 heteroatoms. The molecule has 4 rings (SSSR count). The van der Waals surface area contributed by atoms with Gasteiger partial charge in [0.1, 0.15) is 0 Å². The zero-order valence-electron chi connectivity index (χ0n) is 15.0. The summed E-state index contributed by atoms with van der Waals surface area (Å²) in [6.45, 7) is 0. The molecule has 0 bridgehead atoms. The van der Waals surface area contributed by atoms with Crippen LogP contribution in [0.15, 0.2) is 42.5 Å². The van der Waals surface area contributed by atoms with Gasteiger partial charge in [-0.25, -0.2) is 0 Å². The quantitative estimate of drug-likeness (QED) is 0.380. The Hall–Kier alpha value is -2.10. The summed E-state index contributed by atoms with van der Waals surface area (Å²) in [5.74, 6) is -0.585. The molecule has 0 amide bonds. The van der Waals surface area contributed by atoms with E-state index < -0.39 is 0 Å². The maximum absolute atomic E-state index is 12.5. The van der Waals surface area contributed by atoms with Gasteiger partial charge in [-0.05, 0) is 54.7 Å². The van der Waals surface area contributed by atoms with E-state index in [-0.39, 0.29) is 11.9 Å². The van der Waals surface area contributed by atoms with E-state index in [4.69, 9.17) is 32.9 Å². The molecule has 3 nitrogen and oxygen atoms in total. The van der Waals surface area contributed by atoms with E-state index in [0.29, 0.717) is 10.0 Å². The van der Waals surface area contributed by atoms with Crippen molar-refractivity contribution in [2.75, 3.05) is 7.11 Å². The number of aromatic nitrogens is 1. The average molecular weight is 400 g/mol. The number of fused-ring (bicyclic) bond motifs is 2. The van der Waals surface area contributed by atoms with Gasteiger partial charge in [-0.2, -0.15) is 0 Å². The number of hydrogen-bond acceptors (Lipinski definition) is 3. The van der Waals surface area contributed by atoms with Crippen molar-refractivity contribution >= 4 is 40.1 Å². The first kappa shape index (κ1) is 18.3. The first-order valence-electron chi connectivity index (χ1n) is 9.05. The lowest BCUT2D eigenvalue weighted by Gasteiger charge is -2.20. The van der Waals surface area contributed by atoms with E-state index in [1.165, 1.54) is 7.11 Å². The maximum atomic E-state index is 12.5. The molecule has 2 aromatic carbocycles. The van der Waals surface area contributed by atoms with Crippen LogP contribution in [0.1, 0.15) is 36.4 Å². The zero-order chi connectivity index (χ0) is 19.0. The van der Waals surface area contributed by atoms with E-state index in [2.05, 4.69) is 0 Å². The van der Waals surface area contributed by atoms with Crippen molar-refractivity contribution in [1.29, 1.82) is 0 Å². The minimum Gasteiger partial charge on any atom is -0.469 e. The molecule has 1 unspecified atom stereocenters. The van der Waals surface area contributed by atoms with Crippen LogP contribution < -0.4 is 0 Å². The Kier molecular flexibility index (Phi) is 5.07. The van der Waals surface area contributed by atoms with Crippen LogP contribution in [0.3, 0.4) is 0 Å². The van der Waals surface area contributed by atoms with Crippen LogP contribution >= 0.6 is 23.2 Å². The summed E-state index contributed by atoms with van der Waals surface area (Å²) in [5, 5.41) is 2.28. The first-order chi connectivity index (χ1) is 13.1. The third-order valence-electron chi connectivity index (χ3n) is 5.21. The van der Waals surface area contributed by atoms with E-state index in [1.54, 1.807) is 0 Å². The minimum atomic E-state index is -0.353. The van der Waals surface area contributed by atoms with Crippen molar-refractivity contribution in [3.05, 3.63) is 63.8 Å². The molecule has 0 N–H and O–H groups in total. The number of ether oxygens (including phenoxy) is 1. The van der Waals surface area contributed by atoms with Crippen molar-refractivity contribution in [1.82, 2.24) is 4.98 Å². The van der Waals surface area contributed by atoms with Crippen molar-refractivity contribution in [2.45, 2.75) is 31.6 Å². The molecule has 0 aliphatic heterocycles. The molecule has 1 heterocycles. The minimum absolute atomic E-state index is 0.232. The molecule has 0 saturated carbocycles. The predicted octanol–water partition coefficient (Wildman–Crippen LogP) is 6.19. The number of carbonyl (C=O) groups is 1. The Morgan fingerprint density at radius 1 is 1.15 bits per heavy atom. The standard InChI is InChI=1S/C22H19Cl2NO2/c1-27-22(26)16-8-3-2-7-15-20(14-6-4-5-9-18(14)24)17-12-13(23)10-11-19(17)25-21(15)16/h4-6,9-12,16H,2-3,7-8H2,1H3. The number of hydrogen-bond donors (Lipinski definition) is 0. The number of rotatable bonds is 2. The summed E-state index contributed by atoms with van der Waals surface area (Å²) in [4.78, 5) is 17.4. The van der Waals surface area contributed by atoms with E-state index in [0.717, 1.165) is 59.0 Å². The molecule has 0 saturated heterocycles. The van der Waals surface area contributed by atoms with Gasteiger partial charge in [0, 0.05) is 21.0 Å². The second-order valence-electron chi connectivity index (χ2n) is 6.81. The fourth-order valence-corrected chi connectivity index (χ4v) is 4.37. The van der Waals surface area contributed by atoms with E-state index in [9.17, 15) is 4.79 Å². The summed E-state index contributed by atoms with van der Waals surface area (Å²) in [6, 6.07) is 13.4. The van der Waals surface area contributed by atoms with Gasteiger partial charge in [0.25, 0.3) is 0 Å². The largest absolute Gasteiger partial charge is 0.469 e. The van der Waals surface area contributed by atoms with Gasteiger partial charge in [0.15, 0.2) is 0 Å². The van der Waals surface area contributed by atoms with Crippen LogP contribution in [0.4, 0.5) is 0 Å². The SMILES string of the molecule is COC(=O)C1CCCCc2c1nc1ccc(Cl)cc1c2-c1ccccc1Cl. The number of esters is 1. The molecule has 1 aliphatic rings. The van der Waals surface area contributed by atoms with Crippen molar-refractivity contribution in [3.63, 3.8) is 0 Å². The highest BCUT2D eigenvalue weighted by atomic mass is 35.5. The van der Waals surface area contributed by atoms with Gasteiger partial charge >= 0.3 is 5.97 Å². The second kappa shape index (κ2) is 7.49. The van der Waals surface area contributed by atoms with Crippen LogP contribution in [0.5, 0.6) is 0 Å². The van der Waals surface area contributed by atoms with Crippen LogP contribution in [0.25, 0.3) is 22.0 Å². The summed E-state index contributed by atoms with van der Waals surface area (Å²) in [7, 11) is 1.43. The van der Waals surface area contributed by atoms with Gasteiger partial charge in [-0.15, -0.1) is 0 Å². The predicted molar refractivity (Wildman–Crippen MR) is 110 cm³/mol. The summed E-state index contributed by atoms with van der Waals surface area (Å²) in [5.41, 5.74) is 4.66. The van der Waals surface area contributed by atoms with E-state index in [1.807, 2.05) is 42.5 Å². The number of nitrogens with zero attached hydrogens (tertiary/aromatic N) is 1. The Balaban J connectivity index is 2.10. The summed E-state index contributed by atoms with van der Waals surface area (Å²) in [6.07, 6.45) is 3.54. The second-order valence-corrected chi connectivity index (χ2v) is 7.66. The molecule has 0 fully saturated rings. The third-order valence-corrected chi connectivity index (χ3v) is 5.77. The Bertz CT molecular complexity index is 1030. The van der Waals surface area contributed by atoms with Crippen molar-refractivity contribution in [3.8, 4) is 11.1 Å². The molecule has 1 aliphatic carbocycles. The average Bonchev–Trinajstić information content (AvgIpc) is 2.89. The normalized spacial score (nSPS) is 16.6. The molecular formula is C22H19Cl2NO2. The topological polar surface area (TPSA) is 39.2 Å². The van der Waals surface area contributed by atoms with Crippen LogP contribution in [0, 0.1) is 0 Å². The number of pyridine rings is 1. The third kappa shape index (κ3) is 3.30. The monoisotopic (exact) mass is 399 g/mol. The highest BCUT2D eigenvalue weighted by molar-refractivity contribution is 6.34. The fraction of sp³-hybridized carbons (Fsp3) is 0.273. The van der Waals surface area contributed by atoms with Crippen LogP contribution in [-0.4, -0.2) is 18.1 Å². The van der Waals surface area contributed by atoms with Gasteiger partial charge in [0.2, 0.25) is 0 Å². The zero-order valence-corrected chi connectivity index (χ0v) is 16.5. The Morgan fingerprint density at radius 2 is 1.96 bits per heavy atom. The molecule has 1 aromatic heterocycles. The molecule has 0 radical (unpaired) electrons. The lowest BCUT2D eigenvalue weighted by molar-refractivity contribution is -0.142. The Morgan fingerprint density at radius 3 is 2.74 bits per heavy atom. The van der Waals surface area contributed by atoms with E-state index >= 15 is 0 Å². The number of halogens is 2. The van der Waals surface area contributed by atoms with Crippen LogP contribution in [-0.2, 0) is 16.0 Å². The smallest absolute Gasteiger partial charge is 0.314 e. The molecule has 27 heavy (non-hydrogen) atoms. The molecule has 1 atom stereocenters. The van der Waals surface area contributed by atoms with Crippen molar-refractivity contribution in [2.24, 2.45) is 0 Å². The van der Waals surface area contributed by atoms with Gasteiger partial charge < -0.3 is 4.74 Å². The van der Waals surface area contributed by atoms with Gasteiger partial charge in [-0.3, -0.25) is 9.78 Å². The summed E-state index contributed by atoms with van der Waals surface area (Å²) < 4.78 is 5.08.